The maximum absolute atomic E-state index is 13.1. The second kappa shape index (κ2) is 7.31. The van der Waals surface area contributed by atoms with Gasteiger partial charge >= 0.3 is 0 Å². The number of anilines is 1. The summed E-state index contributed by atoms with van der Waals surface area (Å²) < 4.78 is 0. The first-order chi connectivity index (χ1) is 10.2. The molecule has 1 aliphatic rings. The minimum Gasteiger partial charge on any atom is -0.312 e. The van der Waals surface area contributed by atoms with Crippen LogP contribution >= 0.6 is 0 Å². The molecule has 0 radical (unpaired) electrons. The Morgan fingerprint density at radius 2 is 2.05 bits per heavy atom. The maximum atomic E-state index is 13.1. The Bertz CT molecular complexity index is 502. The Hall–Kier alpha value is -1.75. The van der Waals surface area contributed by atoms with Crippen molar-refractivity contribution >= 4 is 11.6 Å². The summed E-state index contributed by atoms with van der Waals surface area (Å²) in [6.07, 6.45) is 9.85. The molecule has 21 heavy (non-hydrogen) atoms. The molecule has 0 spiro atoms. The van der Waals surface area contributed by atoms with Crippen molar-refractivity contribution in [2.75, 3.05) is 11.4 Å². The van der Waals surface area contributed by atoms with Gasteiger partial charge < -0.3 is 4.90 Å². The summed E-state index contributed by atoms with van der Waals surface area (Å²) in [5.74, 6) is 3.50. The van der Waals surface area contributed by atoms with Crippen LogP contribution in [0.5, 0.6) is 0 Å². The van der Waals surface area contributed by atoms with E-state index in [4.69, 9.17) is 6.42 Å². The van der Waals surface area contributed by atoms with E-state index in [9.17, 15) is 4.79 Å². The van der Waals surface area contributed by atoms with Crippen LogP contribution in [0.1, 0.15) is 39.5 Å². The fraction of sp³-hybridized carbons (Fsp3) is 0.526. The van der Waals surface area contributed by atoms with Gasteiger partial charge in [-0.25, -0.2) is 0 Å². The van der Waals surface area contributed by atoms with E-state index >= 15 is 0 Å². The molecule has 0 N–H and O–H groups in total. The number of carbonyl (C=O) groups is 1. The van der Waals surface area contributed by atoms with Gasteiger partial charge in [0.05, 0.1) is 5.92 Å². The van der Waals surface area contributed by atoms with Crippen LogP contribution in [0.25, 0.3) is 0 Å². The number of rotatable bonds is 4. The van der Waals surface area contributed by atoms with Crippen LogP contribution in [0.4, 0.5) is 5.69 Å². The second-order valence-electron chi connectivity index (χ2n) is 6.03. The third-order valence-electron chi connectivity index (χ3n) is 4.50. The van der Waals surface area contributed by atoms with Crippen LogP contribution in [0.3, 0.4) is 0 Å². The first kappa shape index (κ1) is 15.6. The molecule has 0 saturated heterocycles. The molecule has 112 valence electrons. The van der Waals surface area contributed by atoms with Crippen molar-refractivity contribution in [3.05, 3.63) is 30.3 Å². The molecule has 0 heterocycles. The minimum absolute atomic E-state index is 0.0319. The molecule has 2 heteroatoms. The number of terminal acetylenes is 1. The van der Waals surface area contributed by atoms with E-state index in [2.05, 4.69) is 19.8 Å². The molecule has 1 amide bonds. The molecule has 1 fully saturated rings. The number of benzene rings is 1. The largest absolute Gasteiger partial charge is 0.312 e. The van der Waals surface area contributed by atoms with Gasteiger partial charge in [-0.15, -0.1) is 12.3 Å². The molecule has 0 aliphatic heterocycles. The molecule has 2 rings (SSSR count). The zero-order chi connectivity index (χ0) is 15.2. The summed E-state index contributed by atoms with van der Waals surface area (Å²) in [7, 11) is 0. The summed E-state index contributed by atoms with van der Waals surface area (Å²) in [5.41, 5.74) is 0.984. The van der Waals surface area contributed by atoms with Crippen molar-refractivity contribution in [2.24, 2.45) is 17.8 Å². The summed E-state index contributed by atoms with van der Waals surface area (Å²) in [6.45, 7) is 5.02. The molecular weight excluding hydrogens is 258 g/mol. The van der Waals surface area contributed by atoms with E-state index in [1.54, 1.807) is 0 Å². The third-order valence-corrected chi connectivity index (χ3v) is 4.50. The molecule has 1 aliphatic carbocycles. The average Bonchev–Trinajstić information content (AvgIpc) is 2.52. The Morgan fingerprint density at radius 1 is 1.33 bits per heavy atom. The highest BCUT2D eigenvalue weighted by Gasteiger charge is 2.37. The van der Waals surface area contributed by atoms with Gasteiger partial charge in [0, 0.05) is 18.2 Å². The zero-order valence-electron chi connectivity index (χ0n) is 13.1. The lowest BCUT2D eigenvalue weighted by molar-refractivity contribution is -0.126. The van der Waals surface area contributed by atoms with Crippen LogP contribution in [0.15, 0.2) is 30.3 Å². The van der Waals surface area contributed by atoms with Crippen LogP contribution in [0.2, 0.25) is 0 Å². The standard InChI is InChI=1S/C19H25NO/c1-4-14-20(17-12-7-6-8-13-17)19(21)18-15(3)10-9-11-16(18)5-2/h2,6-8,12-13,15-16,18H,4,9-11,14H2,1,3H3. The molecule has 0 aromatic heterocycles. The normalized spacial score (nSPS) is 25.1. The summed E-state index contributed by atoms with van der Waals surface area (Å²) in [6, 6.07) is 9.95. The molecular formula is C19H25NO. The van der Waals surface area contributed by atoms with Crippen molar-refractivity contribution in [1.29, 1.82) is 0 Å². The number of hydrogen-bond acceptors (Lipinski definition) is 1. The molecule has 1 aromatic carbocycles. The van der Waals surface area contributed by atoms with Crippen molar-refractivity contribution in [2.45, 2.75) is 39.5 Å². The highest BCUT2D eigenvalue weighted by molar-refractivity contribution is 5.95. The SMILES string of the molecule is C#CC1CCCC(C)C1C(=O)N(CCC)c1ccccc1. The Kier molecular flexibility index (Phi) is 5.44. The quantitative estimate of drug-likeness (QED) is 0.761. The number of nitrogens with zero attached hydrogens (tertiary/aromatic N) is 1. The van der Waals surface area contributed by atoms with E-state index < -0.39 is 0 Å². The first-order valence-electron chi connectivity index (χ1n) is 8.01. The minimum atomic E-state index is -0.0319. The lowest BCUT2D eigenvalue weighted by Crippen LogP contribution is -2.43. The fourth-order valence-electron chi connectivity index (χ4n) is 3.40. The van der Waals surface area contributed by atoms with Gasteiger partial charge in [0.25, 0.3) is 0 Å². The molecule has 2 nitrogen and oxygen atoms in total. The van der Waals surface area contributed by atoms with Crippen LogP contribution in [-0.4, -0.2) is 12.5 Å². The monoisotopic (exact) mass is 283 g/mol. The lowest BCUT2D eigenvalue weighted by Gasteiger charge is -2.36. The van der Waals surface area contributed by atoms with Crippen LogP contribution in [0, 0.1) is 30.1 Å². The molecule has 3 atom stereocenters. The van der Waals surface area contributed by atoms with Gasteiger partial charge in [0.2, 0.25) is 5.91 Å². The van der Waals surface area contributed by atoms with Gasteiger partial charge in [0.1, 0.15) is 0 Å². The Labute approximate surface area is 128 Å². The first-order valence-corrected chi connectivity index (χ1v) is 8.01. The average molecular weight is 283 g/mol. The van der Waals surface area contributed by atoms with E-state index in [-0.39, 0.29) is 17.7 Å². The maximum Gasteiger partial charge on any atom is 0.231 e. The number of para-hydroxylation sites is 1. The molecule has 1 aromatic rings. The zero-order valence-corrected chi connectivity index (χ0v) is 13.1. The van der Waals surface area contributed by atoms with Gasteiger partial charge in [-0.05, 0) is 37.3 Å². The van der Waals surface area contributed by atoms with Gasteiger partial charge in [-0.2, -0.15) is 0 Å². The fourth-order valence-corrected chi connectivity index (χ4v) is 3.40. The van der Waals surface area contributed by atoms with E-state index in [0.717, 1.165) is 37.9 Å². The van der Waals surface area contributed by atoms with Gasteiger partial charge in [-0.1, -0.05) is 38.5 Å². The van der Waals surface area contributed by atoms with Gasteiger partial charge in [0.15, 0.2) is 0 Å². The van der Waals surface area contributed by atoms with Crippen molar-refractivity contribution in [3.8, 4) is 12.3 Å². The number of hydrogen-bond donors (Lipinski definition) is 0. The van der Waals surface area contributed by atoms with Crippen molar-refractivity contribution in [3.63, 3.8) is 0 Å². The molecule has 1 saturated carbocycles. The number of carbonyl (C=O) groups excluding carboxylic acids is 1. The van der Waals surface area contributed by atoms with Crippen LogP contribution in [-0.2, 0) is 4.79 Å². The summed E-state index contributed by atoms with van der Waals surface area (Å²) >= 11 is 0. The Morgan fingerprint density at radius 3 is 2.67 bits per heavy atom. The van der Waals surface area contributed by atoms with Crippen molar-refractivity contribution in [1.82, 2.24) is 0 Å². The van der Waals surface area contributed by atoms with E-state index in [0.29, 0.717) is 5.92 Å². The van der Waals surface area contributed by atoms with Crippen LogP contribution < -0.4 is 4.90 Å². The van der Waals surface area contributed by atoms with E-state index in [1.807, 2.05) is 35.2 Å². The highest BCUT2D eigenvalue weighted by atomic mass is 16.2. The van der Waals surface area contributed by atoms with E-state index in [1.165, 1.54) is 0 Å². The topological polar surface area (TPSA) is 20.3 Å². The predicted molar refractivity (Wildman–Crippen MR) is 87.9 cm³/mol. The lowest BCUT2D eigenvalue weighted by atomic mass is 9.72. The van der Waals surface area contributed by atoms with Crippen molar-refractivity contribution < 1.29 is 4.79 Å². The predicted octanol–water partition coefficient (Wildman–Crippen LogP) is 4.12. The highest BCUT2D eigenvalue weighted by Crippen LogP contribution is 2.36. The second-order valence-corrected chi connectivity index (χ2v) is 6.03. The molecule has 0 bridgehead atoms. The third kappa shape index (κ3) is 3.47. The van der Waals surface area contributed by atoms with Gasteiger partial charge in [-0.3, -0.25) is 4.79 Å². The smallest absolute Gasteiger partial charge is 0.231 e. The molecule has 3 unspecified atom stereocenters. The summed E-state index contributed by atoms with van der Waals surface area (Å²) in [5, 5.41) is 0. The Balaban J connectivity index is 2.27. The number of amides is 1. The summed E-state index contributed by atoms with van der Waals surface area (Å²) in [4.78, 5) is 15.0.